The van der Waals surface area contributed by atoms with Gasteiger partial charge in [0.25, 0.3) is 0 Å². The normalized spacial score (nSPS) is 28.1. The minimum Gasteiger partial charge on any atom is -0.310 e. The number of hydrogen-bond donors (Lipinski definition) is 1. The molecule has 0 spiro atoms. The van der Waals surface area contributed by atoms with Crippen molar-refractivity contribution in [2.75, 3.05) is 0 Å². The van der Waals surface area contributed by atoms with Crippen LogP contribution in [0.3, 0.4) is 0 Å². The lowest BCUT2D eigenvalue weighted by atomic mass is 10.1. The molecule has 1 fully saturated rings. The van der Waals surface area contributed by atoms with Crippen LogP contribution in [0.25, 0.3) is 0 Å². The predicted molar refractivity (Wildman–Crippen MR) is 54.2 cm³/mol. The van der Waals surface area contributed by atoms with Crippen LogP contribution in [0.1, 0.15) is 46.0 Å². The lowest BCUT2D eigenvalue weighted by molar-refractivity contribution is 0.479. The first-order chi connectivity index (χ1) is 6.31. The molecule has 0 aromatic heterocycles. The molecule has 2 heteroatoms. The van der Waals surface area contributed by atoms with Crippen LogP contribution in [-0.4, -0.2) is 12.1 Å². The Balaban J connectivity index is 2.14. The lowest BCUT2D eigenvalue weighted by Crippen LogP contribution is -2.31. The van der Waals surface area contributed by atoms with Crippen molar-refractivity contribution >= 4 is 0 Å². The summed E-state index contributed by atoms with van der Waals surface area (Å²) in [6.07, 6.45) is 5.70. The van der Waals surface area contributed by atoms with Crippen molar-refractivity contribution in [2.45, 2.75) is 58.0 Å². The second-order valence-corrected chi connectivity index (χ2v) is 4.03. The third-order valence-corrected chi connectivity index (χ3v) is 2.86. The molecule has 0 aliphatic heterocycles. The Morgan fingerprint density at radius 3 is 2.85 bits per heavy atom. The Hall–Kier alpha value is -0.550. The Kier molecular flexibility index (Phi) is 4.24. The van der Waals surface area contributed by atoms with Crippen LogP contribution >= 0.6 is 0 Å². The number of rotatable bonds is 6. The third-order valence-electron chi connectivity index (χ3n) is 2.86. The zero-order chi connectivity index (χ0) is 9.68. The van der Waals surface area contributed by atoms with Gasteiger partial charge < -0.3 is 5.32 Å². The maximum atomic E-state index is 8.58. The summed E-state index contributed by atoms with van der Waals surface area (Å²) in [7, 11) is 0. The van der Waals surface area contributed by atoms with Crippen molar-refractivity contribution in [3.05, 3.63) is 0 Å². The zero-order valence-electron chi connectivity index (χ0n) is 8.71. The fraction of sp³-hybridized carbons (Fsp3) is 0.909. The van der Waals surface area contributed by atoms with Gasteiger partial charge in [0.15, 0.2) is 0 Å². The van der Waals surface area contributed by atoms with Gasteiger partial charge in [0.05, 0.1) is 12.5 Å². The van der Waals surface area contributed by atoms with E-state index < -0.39 is 0 Å². The second-order valence-electron chi connectivity index (χ2n) is 4.03. The third kappa shape index (κ3) is 3.36. The summed E-state index contributed by atoms with van der Waals surface area (Å²) in [6, 6.07) is 3.38. The molecule has 3 atom stereocenters. The van der Waals surface area contributed by atoms with E-state index in [1.807, 2.05) is 0 Å². The Morgan fingerprint density at radius 2 is 2.31 bits per heavy atom. The van der Waals surface area contributed by atoms with Crippen LogP contribution in [-0.2, 0) is 0 Å². The van der Waals surface area contributed by atoms with Crippen molar-refractivity contribution < 1.29 is 0 Å². The molecule has 0 heterocycles. The van der Waals surface area contributed by atoms with Crippen LogP contribution in [0.4, 0.5) is 0 Å². The first-order valence-electron chi connectivity index (χ1n) is 5.44. The summed E-state index contributed by atoms with van der Waals surface area (Å²) >= 11 is 0. The molecule has 0 radical (unpaired) electrons. The average Bonchev–Trinajstić information content (AvgIpc) is 2.84. The molecule has 1 aliphatic carbocycles. The quantitative estimate of drug-likeness (QED) is 0.681. The van der Waals surface area contributed by atoms with Crippen molar-refractivity contribution in [1.29, 1.82) is 5.26 Å². The Bertz CT molecular complexity index is 183. The van der Waals surface area contributed by atoms with E-state index in [1.165, 1.54) is 19.3 Å². The SMILES string of the molecule is CCCC1CC1NC(CC)CC#N. The standard InChI is InChI=1S/C11H20N2/c1-3-5-9-8-11(9)13-10(4-2)6-7-12/h9-11,13H,3-6,8H2,1-2H3. The first-order valence-corrected chi connectivity index (χ1v) is 5.44. The molecular weight excluding hydrogens is 160 g/mol. The van der Waals surface area contributed by atoms with Crippen LogP contribution in [0.2, 0.25) is 0 Å². The molecule has 0 bridgehead atoms. The fourth-order valence-electron chi connectivity index (χ4n) is 1.88. The summed E-state index contributed by atoms with van der Waals surface area (Å²) in [6.45, 7) is 4.38. The van der Waals surface area contributed by atoms with Gasteiger partial charge in [0.2, 0.25) is 0 Å². The molecule has 3 unspecified atom stereocenters. The smallest absolute Gasteiger partial charge is 0.0638 e. The molecule has 1 N–H and O–H groups in total. The van der Waals surface area contributed by atoms with Gasteiger partial charge in [-0.1, -0.05) is 20.3 Å². The summed E-state index contributed by atoms with van der Waals surface area (Å²) in [5.74, 6) is 0.901. The molecule has 0 saturated heterocycles. The minimum atomic E-state index is 0.428. The van der Waals surface area contributed by atoms with Crippen molar-refractivity contribution in [2.24, 2.45) is 5.92 Å². The van der Waals surface area contributed by atoms with Gasteiger partial charge >= 0.3 is 0 Å². The molecule has 1 aliphatic rings. The van der Waals surface area contributed by atoms with Crippen LogP contribution in [0, 0.1) is 17.2 Å². The van der Waals surface area contributed by atoms with E-state index in [9.17, 15) is 0 Å². The van der Waals surface area contributed by atoms with E-state index in [4.69, 9.17) is 5.26 Å². The summed E-state index contributed by atoms with van der Waals surface area (Å²) < 4.78 is 0. The van der Waals surface area contributed by atoms with E-state index in [1.54, 1.807) is 0 Å². The van der Waals surface area contributed by atoms with Crippen molar-refractivity contribution in [3.8, 4) is 6.07 Å². The molecule has 1 rings (SSSR count). The van der Waals surface area contributed by atoms with Crippen molar-refractivity contribution in [3.63, 3.8) is 0 Å². The van der Waals surface area contributed by atoms with E-state index in [0.29, 0.717) is 12.5 Å². The van der Waals surface area contributed by atoms with Crippen molar-refractivity contribution in [1.82, 2.24) is 5.32 Å². The van der Waals surface area contributed by atoms with Gasteiger partial charge in [0.1, 0.15) is 0 Å². The zero-order valence-corrected chi connectivity index (χ0v) is 8.71. The highest BCUT2D eigenvalue weighted by Gasteiger charge is 2.36. The largest absolute Gasteiger partial charge is 0.310 e. The monoisotopic (exact) mass is 180 g/mol. The Labute approximate surface area is 81.3 Å². The summed E-state index contributed by atoms with van der Waals surface area (Å²) in [4.78, 5) is 0. The topological polar surface area (TPSA) is 35.8 Å². The highest BCUT2D eigenvalue weighted by Crippen LogP contribution is 2.35. The molecule has 2 nitrogen and oxygen atoms in total. The number of nitrogens with zero attached hydrogens (tertiary/aromatic N) is 1. The fourth-order valence-corrected chi connectivity index (χ4v) is 1.88. The number of nitriles is 1. The van der Waals surface area contributed by atoms with Gasteiger partial charge in [0, 0.05) is 12.1 Å². The molecule has 0 amide bonds. The summed E-state index contributed by atoms with van der Waals surface area (Å²) in [5, 5.41) is 12.1. The molecule has 13 heavy (non-hydrogen) atoms. The number of hydrogen-bond acceptors (Lipinski definition) is 2. The highest BCUT2D eigenvalue weighted by molar-refractivity contribution is 4.95. The van der Waals surface area contributed by atoms with Crippen LogP contribution in [0.5, 0.6) is 0 Å². The summed E-state index contributed by atoms with van der Waals surface area (Å²) in [5.41, 5.74) is 0. The maximum absolute atomic E-state index is 8.58. The average molecular weight is 180 g/mol. The molecule has 0 aromatic carbocycles. The molecule has 74 valence electrons. The molecule has 0 aromatic rings. The predicted octanol–water partition coefficient (Wildman–Crippen LogP) is 2.46. The van der Waals surface area contributed by atoms with E-state index >= 15 is 0 Å². The van der Waals surface area contributed by atoms with Gasteiger partial charge in [-0.05, 0) is 25.2 Å². The number of nitrogens with one attached hydrogen (secondary N) is 1. The van der Waals surface area contributed by atoms with Crippen LogP contribution < -0.4 is 5.32 Å². The minimum absolute atomic E-state index is 0.428. The molecular formula is C11H20N2. The van der Waals surface area contributed by atoms with Gasteiger partial charge in [-0.3, -0.25) is 0 Å². The first kappa shape index (κ1) is 10.5. The van der Waals surface area contributed by atoms with Crippen LogP contribution in [0.15, 0.2) is 0 Å². The van der Waals surface area contributed by atoms with E-state index in [0.717, 1.165) is 18.4 Å². The van der Waals surface area contributed by atoms with Gasteiger partial charge in [-0.2, -0.15) is 5.26 Å². The maximum Gasteiger partial charge on any atom is 0.0638 e. The van der Waals surface area contributed by atoms with Gasteiger partial charge in [-0.15, -0.1) is 0 Å². The second kappa shape index (κ2) is 5.24. The highest BCUT2D eigenvalue weighted by atomic mass is 15.0. The Morgan fingerprint density at radius 1 is 1.54 bits per heavy atom. The molecule has 1 saturated carbocycles. The van der Waals surface area contributed by atoms with Gasteiger partial charge in [-0.25, -0.2) is 0 Å². The van der Waals surface area contributed by atoms with E-state index in [-0.39, 0.29) is 0 Å². The van der Waals surface area contributed by atoms with E-state index in [2.05, 4.69) is 25.2 Å². The lowest BCUT2D eigenvalue weighted by Gasteiger charge is -2.12.